The van der Waals surface area contributed by atoms with Gasteiger partial charge in [0.05, 0.1) is 0 Å². The molecule has 0 fully saturated rings. The van der Waals surface area contributed by atoms with Crippen LogP contribution in [0.4, 0.5) is 0 Å². The molecule has 35 heavy (non-hydrogen) atoms. The third-order valence-corrected chi connectivity index (χ3v) is 6.17. The molecule has 0 aliphatic rings. The summed E-state index contributed by atoms with van der Waals surface area (Å²) < 4.78 is 18.1. The lowest BCUT2D eigenvalue weighted by atomic mass is 9.92. The van der Waals surface area contributed by atoms with Crippen molar-refractivity contribution in [2.24, 2.45) is 0 Å². The van der Waals surface area contributed by atoms with Crippen LogP contribution in [0.5, 0.6) is 5.75 Å². The molecule has 4 nitrogen and oxygen atoms in total. The first-order chi connectivity index (χ1) is 16.6. The predicted octanol–water partition coefficient (Wildman–Crippen LogP) is 8.45. The number of fused-ring (bicyclic) bond motifs is 1. The maximum Gasteiger partial charge on any atom is 0.330 e. The first kappa shape index (κ1) is 26.6. The van der Waals surface area contributed by atoms with Gasteiger partial charge in [-0.3, -0.25) is 0 Å². The van der Waals surface area contributed by atoms with E-state index in [0.717, 1.165) is 40.9 Å². The minimum atomic E-state index is -0.685. The van der Waals surface area contributed by atoms with E-state index in [-0.39, 0.29) is 0 Å². The summed E-state index contributed by atoms with van der Waals surface area (Å²) >= 11 is 0. The molecule has 0 amide bonds. The first-order valence-corrected chi connectivity index (χ1v) is 12.8. The maximum atomic E-state index is 11.7. The molecule has 188 valence electrons. The molecule has 0 N–H and O–H groups in total. The summed E-state index contributed by atoms with van der Waals surface area (Å²) in [5, 5.41) is 1.04. The Labute approximate surface area is 210 Å². The highest BCUT2D eigenvalue weighted by atomic mass is 16.6. The smallest absolute Gasteiger partial charge is 0.330 e. The van der Waals surface area contributed by atoms with Crippen LogP contribution in [0.25, 0.3) is 22.3 Å². The zero-order chi connectivity index (χ0) is 25.6. The monoisotopic (exact) mass is 476 g/mol. The molecule has 4 heteroatoms. The Morgan fingerprint density at radius 2 is 1.77 bits per heavy atom. The molecule has 0 saturated heterocycles. The Balaban J connectivity index is 1.79. The van der Waals surface area contributed by atoms with Gasteiger partial charge in [-0.25, -0.2) is 4.79 Å². The summed E-state index contributed by atoms with van der Waals surface area (Å²) in [5.41, 5.74) is 3.41. The third-order valence-electron chi connectivity index (χ3n) is 6.17. The predicted molar refractivity (Wildman–Crippen MR) is 144 cm³/mol. The van der Waals surface area contributed by atoms with Crippen molar-refractivity contribution in [3.63, 3.8) is 0 Å². The van der Waals surface area contributed by atoms with Crippen molar-refractivity contribution in [1.82, 2.24) is 0 Å². The van der Waals surface area contributed by atoms with Crippen molar-refractivity contribution in [3.05, 3.63) is 66.2 Å². The summed E-state index contributed by atoms with van der Waals surface area (Å²) in [6, 6.07) is 14.8. The Morgan fingerprint density at radius 3 is 2.46 bits per heavy atom. The molecule has 0 spiro atoms. The normalized spacial score (nSPS) is 12.1. The number of hydrogen-bond acceptors (Lipinski definition) is 4. The van der Waals surface area contributed by atoms with Gasteiger partial charge in [0.2, 0.25) is 0 Å². The Morgan fingerprint density at radius 1 is 1.00 bits per heavy atom. The largest absolute Gasteiger partial charge is 0.488 e. The van der Waals surface area contributed by atoms with Gasteiger partial charge < -0.3 is 13.9 Å². The zero-order valence-corrected chi connectivity index (χ0v) is 22.2. The average Bonchev–Trinajstić information content (AvgIpc) is 3.20. The second-order valence-electron chi connectivity index (χ2n) is 10.5. The SMILES string of the molecule is C=CC(=O)OC(C)(C)CC(C)(C)Oc1ccc2cc(-c3ccc(CCCCC)cc3CC)oc2c1. The number of unbranched alkanes of at least 4 members (excludes halogenated alkanes) is 2. The van der Waals surface area contributed by atoms with Crippen LogP contribution >= 0.6 is 0 Å². The highest BCUT2D eigenvalue weighted by Gasteiger charge is 2.33. The van der Waals surface area contributed by atoms with Crippen molar-refractivity contribution in [1.29, 1.82) is 0 Å². The van der Waals surface area contributed by atoms with E-state index in [4.69, 9.17) is 13.9 Å². The Kier molecular flexibility index (Phi) is 8.47. The molecule has 0 aliphatic carbocycles. The standard InChI is InChI=1S/C31H40O4/c1-8-11-12-13-22-14-17-26(23(9-2)18-22)28-19-24-15-16-25(20-27(24)33-28)34-30(4,5)21-31(6,7)35-29(32)10-3/h10,14-20H,3,8-9,11-13,21H2,1-2,4-7H3. The minimum absolute atomic E-state index is 0.434. The molecular formula is C31H40O4. The highest BCUT2D eigenvalue weighted by Crippen LogP contribution is 2.35. The second kappa shape index (κ2) is 11.2. The topological polar surface area (TPSA) is 48.7 Å². The molecule has 3 rings (SSSR count). The molecule has 0 atom stereocenters. The number of carbonyl (C=O) groups is 1. The highest BCUT2D eigenvalue weighted by molar-refractivity contribution is 5.84. The van der Waals surface area contributed by atoms with Crippen LogP contribution < -0.4 is 4.74 Å². The molecule has 0 bridgehead atoms. The number of rotatable bonds is 12. The van der Waals surface area contributed by atoms with Crippen LogP contribution in [-0.4, -0.2) is 17.2 Å². The number of esters is 1. The van der Waals surface area contributed by atoms with Gasteiger partial charge in [-0.15, -0.1) is 0 Å². The number of furan rings is 1. The number of hydrogen-bond donors (Lipinski definition) is 0. The van der Waals surface area contributed by atoms with Crippen LogP contribution in [0.15, 0.2) is 59.5 Å². The number of ether oxygens (including phenoxy) is 2. The maximum absolute atomic E-state index is 11.7. The van der Waals surface area contributed by atoms with E-state index < -0.39 is 17.2 Å². The molecule has 0 unspecified atom stereocenters. The van der Waals surface area contributed by atoms with Gasteiger partial charge in [-0.1, -0.05) is 51.5 Å². The van der Waals surface area contributed by atoms with E-state index in [2.05, 4.69) is 44.7 Å². The lowest BCUT2D eigenvalue weighted by Crippen LogP contribution is -2.40. The summed E-state index contributed by atoms with van der Waals surface area (Å²) in [5.74, 6) is 1.16. The van der Waals surface area contributed by atoms with Gasteiger partial charge in [0.25, 0.3) is 0 Å². The molecule has 0 radical (unpaired) electrons. The van der Waals surface area contributed by atoms with Crippen LogP contribution in [0, 0.1) is 0 Å². The van der Waals surface area contributed by atoms with Crippen molar-refractivity contribution in [2.75, 3.05) is 0 Å². The fourth-order valence-corrected chi connectivity index (χ4v) is 4.85. The van der Waals surface area contributed by atoms with Crippen LogP contribution in [-0.2, 0) is 22.4 Å². The Bertz CT molecular complexity index is 1170. The van der Waals surface area contributed by atoms with Gasteiger partial charge in [0.15, 0.2) is 0 Å². The summed E-state index contributed by atoms with van der Waals surface area (Å²) in [6.07, 6.45) is 7.53. The molecular weight excluding hydrogens is 436 g/mol. The summed E-state index contributed by atoms with van der Waals surface area (Å²) in [4.78, 5) is 11.7. The van der Waals surface area contributed by atoms with E-state index in [9.17, 15) is 4.79 Å². The Hall–Kier alpha value is -3.01. The molecule has 1 aromatic heterocycles. The fraction of sp³-hybridized carbons (Fsp3) is 0.452. The van der Waals surface area contributed by atoms with E-state index in [1.54, 1.807) is 0 Å². The number of aryl methyl sites for hydroxylation is 2. The minimum Gasteiger partial charge on any atom is -0.488 e. The van der Waals surface area contributed by atoms with Crippen molar-refractivity contribution in [3.8, 4) is 17.1 Å². The van der Waals surface area contributed by atoms with Crippen molar-refractivity contribution >= 4 is 16.9 Å². The molecule has 3 aromatic rings. The number of benzene rings is 2. The number of carbonyl (C=O) groups excluding carboxylic acids is 1. The van der Waals surface area contributed by atoms with Gasteiger partial charge in [0, 0.05) is 29.5 Å². The molecule has 0 aliphatic heterocycles. The van der Waals surface area contributed by atoms with Crippen molar-refractivity contribution in [2.45, 2.75) is 91.3 Å². The molecule has 1 heterocycles. The van der Waals surface area contributed by atoms with E-state index in [1.165, 1.54) is 36.5 Å². The van der Waals surface area contributed by atoms with Crippen LogP contribution in [0.2, 0.25) is 0 Å². The van der Waals surface area contributed by atoms with E-state index in [1.807, 2.05) is 45.9 Å². The lowest BCUT2D eigenvalue weighted by Gasteiger charge is -2.34. The van der Waals surface area contributed by atoms with Gasteiger partial charge in [0.1, 0.15) is 28.3 Å². The van der Waals surface area contributed by atoms with Crippen molar-refractivity contribution < 1.29 is 18.7 Å². The van der Waals surface area contributed by atoms with Gasteiger partial charge >= 0.3 is 5.97 Å². The average molecular weight is 477 g/mol. The van der Waals surface area contributed by atoms with Crippen LogP contribution in [0.3, 0.4) is 0 Å². The summed E-state index contributed by atoms with van der Waals surface area (Å²) in [7, 11) is 0. The third kappa shape index (κ3) is 7.24. The molecule has 2 aromatic carbocycles. The first-order valence-electron chi connectivity index (χ1n) is 12.8. The van der Waals surface area contributed by atoms with E-state index >= 15 is 0 Å². The summed E-state index contributed by atoms with van der Waals surface area (Å²) in [6.45, 7) is 15.6. The van der Waals surface area contributed by atoms with Gasteiger partial charge in [-0.05, 0) is 76.3 Å². The van der Waals surface area contributed by atoms with Crippen LogP contribution in [0.1, 0.15) is 78.4 Å². The molecule has 0 saturated carbocycles. The second-order valence-corrected chi connectivity index (χ2v) is 10.5. The fourth-order valence-electron chi connectivity index (χ4n) is 4.85. The van der Waals surface area contributed by atoms with E-state index in [0.29, 0.717) is 6.42 Å². The van der Waals surface area contributed by atoms with Gasteiger partial charge in [-0.2, -0.15) is 0 Å². The zero-order valence-electron chi connectivity index (χ0n) is 22.2. The quantitative estimate of drug-likeness (QED) is 0.149. The lowest BCUT2D eigenvalue weighted by molar-refractivity contribution is -0.154.